The van der Waals surface area contributed by atoms with Gasteiger partial charge in [-0.1, -0.05) is 45.4 Å². The van der Waals surface area contributed by atoms with Crippen molar-refractivity contribution in [2.75, 3.05) is 35.0 Å². The van der Waals surface area contributed by atoms with Gasteiger partial charge in [0, 0.05) is 41.5 Å². The van der Waals surface area contributed by atoms with E-state index in [4.69, 9.17) is 18.9 Å². The highest BCUT2D eigenvalue weighted by Crippen LogP contribution is 2.29. The molecule has 0 bridgehead atoms. The predicted octanol–water partition coefficient (Wildman–Crippen LogP) is 4.37. The molecule has 0 aromatic carbocycles. The third-order valence-electron chi connectivity index (χ3n) is 4.15. The van der Waals surface area contributed by atoms with Crippen molar-refractivity contribution in [2.24, 2.45) is 5.92 Å². The van der Waals surface area contributed by atoms with Gasteiger partial charge >= 0.3 is 0 Å². The topological polar surface area (TPSA) is 36.9 Å². The predicted molar refractivity (Wildman–Crippen MR) is 86.4 cm³/mol. The fourth-order valence-corrected chi connectivity index (χ4v) is 2.75. The molecule has 0 aromatic rings. The lowest BCUT2D eigenvalue weighted by molar-refractivity contribution is -0.359. The lowest BCUT2D eigenvalue weighted by Gasteiger charge is -2.32. The summed E-state index contributed by atoms with van der Waals surface area (Å²) in [7, 11) is 6.67. The van der Waals surface area contributed by atoms with E-state index < -0.39 is 5.97 Å². The highest BCUT2D eigenvalue weighted by atomic mass is 16.9. The van der Waals surface area contributed by atoms with Gasteiger partial charge in [-0.15, -0.1) is 0 Å². The molecule has 128 valence electrons. The van der Waals surface area contributed by atoms with E-state index in [9.17, 15) is 0 Å². The van der Waals surface area contributed by atoms with Crippen molar-refractivity contribution in [3.63, 3.8) is 0 Å². The Morgan fingerprint density at radius 2 is 1.33 bits per heavy atom. The Morgan fingerprint density at radius 3 is 1.86 bits per heavy atom. The Balaban J connectivity index is 4.29. The van der Waals surface area contributed by atoms with Gasteiger partial charge in [0.15, 0.2) is 0 Å². The summed E-state index contributed by atoms with van der Waals surface area (Å²) in [5.74, 6) is -0.358. The van der Waals surface area contributed by atoms with Crippen LogP contribution in [0.1, 0.15) is 64.7 Å². The average Bonchev–Trinajstić information content (AvgIpc) is 2.52. The maximum atomic E-state index is 5.44. The molecule has 0 fully saturated rings. The molecule has 4 heteroatoms. The Labute approximate surface area is 131 Å². The van der Waals surface area contributed by atoms with E-state index in [1.807, 2.05) is 0 Å². The molecule has 0 radical (unpaired) electrons. The molecule has 4 nitrogen and oxygen atoms in total. The summed E-state index contributed by atoms with van der Waals surface area (Å²) in [6.07, 6.45) is 10.7. The van der Waals surface area contributed by atoms with E-state index in [0.29, 0.717) is 5.92 Å². The van der Waals surface area contributed by atoms with Gasteiger partial charge < -0.3 is 18.9 Å². The van der Waals surface area contributed by atoms with Gasteiger partial charge in [-0.3, -0.25) is 0 Å². The molecule has 0 amide bonds. The maximum absolute atomic E-state index is 5.44. The van der Waals surface area contributed by atoms with Crippen LogP contribution in [0.15, 0.2) is 0 Å². The van der Waals surface area contributed by atoms with Crippen molar-refractivity contribution in [3.05, 3.63) is 0 Å². The zero-order valence-electron chi connectivity index (χ0n) is 14.8. The molecule has 0 spiro atoms. The van der Waals surface area contributed by atoms with Crippen LogP contribution in [0.4, 0.5) is 0 Å². The first-order valence-corrected chi connectivity index (χ1v) is 8.32. The van der Waals surface area contributed by atoms with Crippen LogP contribution in [-0.4, -0.2) is 41.0 Å². The van der Waals surface area contributed by atoms with Gasteiger partial charge in [0.05, 0.1) is 0 Å². The third-order valence-corrected chi connectivity index (χ3v) is 4.15. The molecule has 0 rings (SSSR count). The van der Waals surface area contributed by atoms with Crippen LogP contribution < -0.4 is 0 Å². The van der Waals surface area contributed by atoms with Crippen molar-refractivity contribution < 1.29 is 18.9 Å². The quantitative estimate of drug-likeness (QED) is 0.332. The molecular formula is C17H36O4. The van der Waals surface area contributed by atoms with Crippen molar-refractivity contribution in [3.8, 4) is 0 Å². The van der Waals surface area contributed by atoms with Crippen molar-refractivity contribution in [1.29, 1.82) is 0 Å². The lowest BCUT2D eigenvalue weighted by atomic mass is 9.91. The van der Waals surface area contributed by atoms with Gasteiger partial charge in [0.2, 0.25) is 0 Å². The number of methoxy groups -OCH3 is 4. The van der Waals surface area contributed by atoms with E-state index in [0.717, 1.165) is 25.9 Å². The summed E-state index contributed by atoms with van der Waals surface area (Å²) in [6, 6.07) is 0. The first-order valence-electron chi connectivity index (χ1n) is 8.32. The van der Waals surface area contributed by atoms with Gasteiger partial charge in [0.1, 0.15) is 0 Å². The molecule has 21 heavy (non-hydrogen) atoms. The summed E-state index contributed by atoms with van der Waals surface area (Å²) < 4.78 is 21.5. The summed E-state index contributed by atoms with van der Waals surface area (Å²) in [5.41, 5.74) is 0. The number of unbranched alkanes of at least 4 members (excludes halogenated alkanes) is 4. The van der Waals surface area contributed by atoms with E-state index in [1.165, 1.54) is 38.5 Å². The van der Waals surface area contributed by atoms with Crippen LogP contribution in [0.3, 0.4) is 0 Å². The summed E-state index contributed by atoms with van der Waals surface area (Å²) in [6.45, 7) is 3.06. The fourth-order valence-electron chi connectivity index (χ4n) is 2.75. The Morgan fingerprint density at radius 1 is 0.762 bits per heavy atom. The molecule has 0 saturated heterocycles. The van der Waals surface area contributed by atoms with Gasteiger partial charge in [0.25, 0.3) is 5.97 Å². The molecule has 1 atom stereocenters. The summed E-state index contributed by atoms with van der Waals surface area (Å²) in [4.78, 5) is 0. The highest BCUT2D eigenvalue weighted by molar-refractivity contribution is 4.67. The molecule has 0 saturated carbocycles. The first-order chi connectivity index (χ1) is 10.2. The molecule has 0 aliphatic rings. The minimum absolute atomic E-state index is 0.543. The van der Waals surface area contributed by atoms with Crippen molar-refractivity contribution in [2.45, 2.75) is 70.7 Å². The number of hydrogen-bond donors (Lipinski definition) is 0. The second-order valence-electron chi connectivity index (χ2n) is 5.70. The molecule has 0 N–H and O–H groups in total. The highest BCUT2D eigenvalue weighted by Gasteiger charge is 2.32. The van der Waals surface area contributed by atoms with Gasteiger partial charge in [-0.05, 0) is 18.8 Å². The maximum Gasteiger partial charge on any atom is 0.282 e. The van der Waals surface area contributed by atoms with Crippen LogP contribution in [0, 0.1) is 5.92 Å². The molecule has 0 aliphatic heterocycles. The zero-order valence-corrected chi connectivity index (χ0v) is 14.8. The van der Waals surface area contributed by atoms with E-state index in [1.54, 1.807) is 28.4 Å². The second kappa shape index (κ2) is 13.5. The van der Waals surface area contributed by atoms with E-state index in [-0.39, 0.29) is 0 Å². The average molecular weight is 304 g/mol. The first kappa shape index (κ1) is 20.8. The smallest absolute Gasteiger partial charge is 0.282 e. The van der Waals surface area contributed by atoms with Gasteiger partial charge in [-0.2, -0.15) is 0 Å². The molecular weight excluding hydrogens is 268 g/mol. The Kier molecular flexibility index (Phi) is 13.4. The second-order valence-corrected chi connectivity index (χ2v) is 5.70. The Hall–Kier alpha value is -0.160. The van der Waals surface area contributed by atoms with Crippen LogP contribution in [0.25, 0.3) is 0 Å². The number of rotatable bonds is 15. The fraction of sp³-hybridized carbons (Fsp3) is 1.00. The standard InChI is InChI=1S/C17H36O4/c1-6-7-8-9-10-12-16(13-11-14-18-2)15-17(19-3,20-4)21-5/h16H,6-15H2,1-5H3. The van der Waals surface area contributed by atoms with Crippen LogP contribution in [0.2, 0.25) is 0 Å². The van der Waals surface area contributed by atoms with E-state index >= 15 is 0 Å². The van der Waals surface area contributed by atoms with Crippen LogP contribution in [-0.2, 0) is 18.9 Å². The number of hydrogen-bond acceptors (Lipinski definition) is 4. The molecule has 0 heterocycles. The molecule has 1 unspecified atom stereocenters. The van der Waals surface area contributed by atoms with Crippen molar-refractivity contribution in [1.82, 2.24) is 0 Å². The Bertz CT molecular complexity index is 209. The SMILES string of the molecule is CCCCCCCC(CCCOC)CC(OC)(OC)OC. The minimum Gasteiger partial charge on any atom is -0.385 e. The molecule has 0 aromatic heterocycles. The largest absolute Gasteiger partial charge is 0.385 e. The third kappa shape index (κ3) is 9.46. The van der Waals surface area contributed by atoms with Crippen LogP contribution in [0.5, 0.6) is 0 Å². The van der Waals surface area contributed by atoms with Crippen LogP contribution >= 0.6 is 0 Å². The monoisotopic (exact) mass is 304 g/mol. The lowest BCUT2D eigenvalue weighted by Crippen LogP contribution is -2.38. The normalized spacial score (nSPS) is 13.6. The zero-order chi connectivity index (χ0) is 16.0. The number of ether oxygens (including phenoxy) is 4. The molecule has 0 aliphatic carbocycles. The van der Waals surface area contributed by atoms with E-state index in [2.05, 4.69) is 6.92 Å². The summed E-state index contributed by atoms with van der Waals surface area (Å²) in [5, 5.41) is 0. The van der Waals surface area contributed by atoms with Crippen molar-refractivity contribution >= 4 is 0 Å². The summed E-state index contributed by atoms with van der Waals surface area (Å²) >= 11 is 0. The minimum atomic E-state index is -0.902. The van der Waals surface area contributed by atoms with Gasteiger partial charge in [-0.25, -0.2) is 0 Å².